The maximum absolute atomic E-state index is 6.23. The Morgan fingerprint density at radius 3 is 1.68 bits per heavy atom. The first-order valence-electron chi connectivity index (χ1n) is 10.1. The average Bonchev–Trinajstić information content (AvgIpc) is 2.66. The molecular formula is C27H33N. The molecule has 146 valence electrons. The molecule has 0 aliphatic heterocycles. The first kappa shape index (κ1) is 20.4. The van der Waals surface area contributed by atoms with Gasteiger partial charge in [-0.05, 0) is 49.8 Å². The second-order valence-electron chi connectivity index (χ2n) is 9.71. The Morgan fingerprint density at radius 1 is 0.643 bits per heavy atom. The van der Waals surface area contributed by atoms with Crippen molar-refractivity contribution in [1.29, 1.82) is 0 Å². The van der Waals surface area contributed by atoms with Gasteiger partial charge in [0.2, 0.25) is 0 Å². The maximum atomic E-state index is 6.23. The van der Waals surface area contributed by atoms with E-state index in [1.54, 1.807) is 0 Å². The molecule has 3 aromatic carbocycles. The molecule has 0 fully saturated rings. The van der Waals surface area contributed by atoms with E-state index in [0.717, 1.165) is 0 Å². The van der Waals surface area contributed by atoms with Gasteiger partial charge in [-0.3, -0.25) is 0 Å². The van der Waals surface area contributed by atoms with Crippen molar-refractivity contribution in [1.82, 2.24) is 0 Å². The third-order valence-electron chi connectivity index (χ3n) is 5.39. The van der Waals surface area contributed by atoms with E-state index in [0.29, 0.717) is 6.54 Å². The van der Waals surface area contributed by atoms with Gasteiger partial charge in [-0.15, -0.1) is 0 Å². The van der Waals surface area contributed by atoms with Crippen molar-refractivity contribution in [2.45, 2.75) is 58.9 Å². The molecule has 0 unspecified atom stereocenters. The van der Waals surface area contributed by atoms with Gasteiger partial charge in [0, 0.05) is 6.54 Å². The van der Waals surface area contributed by atoms with E-state index >= 15 is 0 Å². The SMILES string of the molecule is CC(C)(C)c1cc(CN)c(-c2ccc(-c3ccccc3)cc2)c(C(C)(C)C)c1. The van der Waals surface area contributed by atoms with Crippen molar-refractivity contribution in [3.63, 3.8) is 0 Å². The van der Waals surface area contributed by atoms with Crippen LogP contribution in [0.5, 0.6) is 0 Å². The van der Waals surface area contributed by atoms with E-state index in [-0.39, 0.29) is 10.8 Å². The third kappa shape index (κ3) is 4.20. The maximum Gasteiger partial charge on any atom is 0.0184 e. The van der Waals surface area contributed by atoms with Crippen molar-refractivity contribution in [2.24, 2.45) is 5.73 Å². The van der Waals surface area contributed by atoms with Crippen LogP contribution in [0, 0.1) is 0 Å². The van der Waals surface area contributed by atoms with Gasteiger partial charge < -0.3 is 5.73 Å². The van der Waals surface area contributed by atoms with Crippen molar-refractivity contribution >= 4 is 0 Å². The van der Waals surface area contributed by atoms with Gasteiger partial charge in [-0.2, -0.15) is 0 Å². The largest absolute Gasteiger partial charge is 0.326 e. The van der Waals surface area contributed by atoms with E-state index in [4.69, 9.17) is 5.73 Å². The predicted molar refractivity (Wildman–Crippen MR) is 123 cm³/mol. The normalized spacial score (nSPS) is 12.2. The zero-order valence-corrected chi connectivity index (χ0v) is 18.1. The van der Waals surface area contributed by atoms with E-state index in [1.807, 2.05) is 0 Å². The van der Waals surface area contributed by atoms with Crippen LogP contribution in [0.2, 0.25) is 0 Å². The molecular weight excluding hydrogens is 338 g/mol. The molecule has 1 nitrogen and oxygen atoms in total. The summed E-state index contributed by atoms with van der Waals surface area (Å²) in [6, 6.07) is 24.1. The lowest BCUT2D eigenvalue weighted by molar-refractivity contribution is 0.568. The highest BCUT2D eigenvalue weighted by molar-refractivity contribution is 5.76. The summed E-state index contributed by atoms with van der Waals surface area (Å²) in [7, 11) is 0. The van der Waals surface area contributed by atoms with Crippen molar-refractivity contribution in [3.05, 3.63) is 83.4 Å². The summed E-state index contributed by atoms with van der Waals surface area (Å²) < 4.78 is 0. The number of rotatable bonds is 3. The van der Waals surface area contributed by atoms with E-state index in [2.05, 4.69) is 108 Å². The van der Waals surface area contributed by atoms with Crippen LogP contribution in [0.4, 0.5) is 0 Å². The topological polar surface area (TPSA) is 26.0 Å². The average molecular weight is 372 g/mol. The molecule has 0 saturated carbocycles. The predicted octanol–water partition coefficient (Wildman–Crippen LogP) is 7.07. The fourth-order valence-corrected chi connectivity index (χ4v) is 3.69. The van der Waals surface area contributed by atoms with Gasteiger partial charge in [-0.1, -0.05) is 108 Å². The molecule has 3 aromatic rings. The number of hydrogen-bond acceptors (Lipinski definition) is 1. The number of hydrogen-bond donors (Lipinski definition) is 1. The molecule has 0 aliphatic carbocycles. The summed E-state index contributed by atoms with van der Waals surface area (Å²) in [5.41, 5.74) is 15.3. The minimum absolute atomic E-state index is 0.0403. The monoisotopic (exact) mass is 371 g/mol. The quantitative estimate of drug-likeness (QED) is 0.523. The Bertz CT molecular complexity index is 937. The lowest BCUT2D eigenvalue weighted by Gasteiger charge is -2.30. The Labute approximate surface area is 170 Å². The Balaban J connectivity index is 2.17. The molecule has 0 radical (unpaired) electrons. The first-order chi connectivity index (χ1) is 13.1. The van der Waals surface area contributed by atoms with E-state index in [9.17, 15) is 0 Å². The highest BCUT2D eigenvalue weighted by atomic mass is 14.5. The van der Waals surface area contributed by atoms with Crippen LogP contribution >= 0.6 is 0 Å². The molecule has 0 bridgehead atoms. The Hall–Kier alpha value is -2.38. The molecule has 0 saturated heterocycles. The highest BCUT2D eigenvalue weighted by Crippen LogP contribution is 2.39. The van der Waals surface area contributed by atoms with Crippen LogP contribution in [0.15, 0.2) is 66.7 Å². The fourth-order valence-electron chi connectivity index (χ4n) is 3.69. The summed E-state index contributed by atoms with van der Waals surface area (Å²) >= 11 is 0. The molecule has 0 spiro atoms. The molecule has 0 atom stereocenters. The van der Waals surface area contributed by atoms with Crippen molar-refractivity contribution in [2.75, 3.05) is 0 Å². The summed E-state index contributed by atoms with van der Waals surface area (Å²) in [6.45, 7) is 14.2. The van der Waals surface area contributed by atoms with Crippen LogP contribution < -0.4 is 5.73 Å². The van der Waals surface area contributed by atoms with Crippen LogP contribution in [-0.2, 0) is 17.4 Å². The number of nitrogens with two attached hydrogens (primary N) is 1. The zero-order chi connectivity index (χ0) is 20.5. The lowest BCUT2D eigenvalue weighted by Crippen LogP contribution is -2.19. The molecule has 28 heavy (non-hydrogen) atoms. The van der Waals surface area contributed by atoms with Gasteiger partial charge in [0.05, 0.1) is 0 Å². The van der Waals surface area contributed by atoms with Crippen LogP contribution in [0.1, 0.15) is 58.2 Å². The molecule has 0 aromatic heterocycles. The Morgan fingerprint density at radius 2 is 1.18 bits per heavy atom. The van der Waals surface area contributed by atoms with Crippen molar-refractivity contribution < 1.29 is 0 Å². The van der Waals surface area contributed by atoms with Crippen molar-refractivity contribution in [3.8, 4) is 22.3 Å². The first-order valence-corrected chi connectivity index (χ1v) is 10.1. The zero-order valence-electron chi connectivity index (χ0n) is 18.1. The van der Waals surface area contributed by atoms with Gasteiger partial charge in [0.25, 0.3) is 0 Å². The van der Waals surface area contributed by atoms with E-state index < -0.39 is 0 Å². The summed E-state index contributed by atoms with van der Waals surface area (Å²) in [5.74, 6) is 0. The molecule has 0 heterocycles. The van der Waals surface area contributed by atoms with Gasteiger partial charge in [0.15, 0.2) is 0 Å². The fraction of sp³-hybridized carbons (Fsp3) is 0.333. The molecule has 0 amide bonds. The van der Waals surface area contributed by atoms with Crippen LogP contribution in [0.25, 0.3) is 22.3 Å². The minimum atomic E-state index is 0.0403. The molecule has 1 heteroatoms. The highest BCUT2D eigenvalue weighted by Gasteiger charge is 2.25. The van der Waals surface area contributed by atoms with E-state index in [1.165, 1.54) is 38.9 Å². The van der Waals surface area contributed by atoms with Crippen LogP contribution in [0.3, 0.4) is 0 Å². The summed E-state index contributed by atoms with van der Waals surface area (Å²) in [5, 5.41) is 0. The number of benzene rings is 3. The Kier molecular flexibility index (Phi) is 5.50. The molecule has 2 N–H and O–H groups in total. The molecule has 0 aliphatic rings. The van der Waals surface area contributed by atoms with Gasteiger partial charge in [-0.25, -0.2) is 0 Å². The third-order valence-corrected chi connectivity index (χ3v) is 5.39. The smallest absolute Gasteiger partial charge is 0.0184 e. The molecule has 3 rings (SSSR count). The second-order valence-corrected chi connectivity index (χ2v) is 9.71. The summed E-state index contributed by atoms with van der Waals surface area (Å²) in [4.78, 5) is 0. The standard InChI is InChI=1S/C27H33N/c1-26(2,3)23-16-22(18-28)25(24(17-23)27(4,5)6)21-14-12-20(13-15-21)19-10-8-7-9-11-19/h7-17H,18,28H2,1-6H3. The van der Waals surface area contributed by atoms with Gasteiger partial charge in [0.1, 0.15) is 0 Å². The minimum Gasteiger partial charge on any atom is -0.326 e. The second kappa shape index (κ2) is 7.56. The van der Waals surface area contributed by atoms with Gasteiger partial charge >= 0.3 is 0 Å². The van der Waals surface area contributed by atoms with Crippen LogP contribution in [-0.4, -0.2) is 0 Å². The lowest BCUT2D eigenvalue weighted by atomic mass is 9.75. The summed E-state index contributed by atoms with van der Waals surface area (Å²) in [6.07, 6.45) is 0.